The van der Waals surface area contributed by atoms with Crippen molar-refractivity contribution < 1.29 is 70.4 Å². The van der Waals surface area contributed by atoms with Crippen molar-refractivity contribution in [1.29, 1.82) is 0 Å². The maximum atomic E-state index is 15.2. The van der Waals surface area contributed by atoms with Crippen LogP contribution in [0.15, 0.2) is 21.9 Å². The molecular weight excluding hydrogens is 672 g/mol. The van der Waals surface area contributed by atoms with E-state index in [1.54, 1.807) is 13.8 Å². The van der Waals surface area contributed by atoms with Gasteiger partial charge in [-0.1, -0.05) is 13.8 Å². The third-order valence-electron chi connectivity index (χ3n) is 6.56. The Balaban J connectivity index is 2.48. The Kier molecular flexibility index (Phi) is 14.7. The van der Waals surface area contributed by atoms with Crippen molar-refractivity contribution in [3.05, 3.63) is 33.1 Å². The number of carbonyl (C=O) groups is 3. The molecule has 1 fully saturated rings. The van der Waals surface area contributed by atoms with Gasteiger partial charge in [0.05, 0.1) is 18.8 Å². The second kappa shape index (κ2) is 17.3. The highest BCUT2D eigenvalue weighted by molar-refractivity contribution is 7.48. The van der Waals surface area contributed by atoms with Gasteiger partial charge >= 0.3 is 31.8 Å². The number of esters is 1. The van der Waals surface area contributed by atoms with Gasteiger partial charge in [-0.2, -0.15) is 0 Å². The number of halogens is 1. The van der Waals surface area contributed by atoms with Crippen molar-refractivity contribution in [3.8, 4) is 0 Å². The molecule has 3 N–H and O–H groups in total. The van der Waals surface area contributed by atoms with E-state index in [9.17, 15) is 33.6 Å². The summed E-state index contributed by atoms with van der Waals surface area (Å²) >= 11 is 0. The van der Waals surface area contributed by atoms with Gasteiger partial charge in [0.2, 0.25) is 13.6 Å². The predicted octanol–water partition coefficient (Wildman–Crippen LogP) is 1.88. The molecule has 1 aromatic rings. The Morgan fingerprint density at radius 2 is 1.58 bits per heavy atom. The van der Waals surface area contributed by atoms with Gasteiger partial charge in [-0.15, -0.1) is 0 Å². The van der Waals surface area contributed by atoms with Gasteiger partial charge in [-0.25, -0.2) is 32.4 Å². The zero-order chi connectivity index (χ0) is 36.4. The zero-order valence-electron chi connectivity index (χ0n) is 27.8. The van der Waals surface area contributed by atoms with Crippen LogP contribution >= 0.6 is 7.82 Å². The normalized spacial score (nSPS) is 23.3. The summed E-state index contributed by atoms with van der Waals surface area (Å²) in [6.45, 7) is 5.55. The second-order valence-electron chi connectivity index (χ2n) is 11.6. The molecule has 1 aromatic heterocycles. The second-order valence-corrected chi connectivity index (χ2v) is 13.2. The van der Waals surface area contributed by atoms with E-state index in [-0.39, 0.29) is 5.92 Å². The fraction of sp³-hybridized carbons (Fsp3) is 0.741. The summed E-state index contributed by atoms with van der Waals surface area (Å²) in [6, 6.07) is -0.0363. The average molecular weight is 716 g/mol. The molecule has 1 unspecified atom stereocenters. The van der Waals surface area contributed by atoms with Crippen LogP contribution < -0.4 is 16.6 Å². The van der Waals surface area contributed by atoms with Crippen molar-refractivity contribution in [2.24, 2.45) is 5.92 Å². The molecule has 1 aliphatic rings. The number of H-pyrrole nitrogens is 1. The fourth-order valence-corrected chi connectivity index (χ4v) is 5.40. The number of aromatic nitrogens is 2. The van der Waals surface area contributed by atoms with E-state index >= 15 is 4.39 Å². The number of aromatic amines is 1. The molecule has 0 bridgehead atoms. The number of nitrogens with zero attached hydrogens (tertiary/aromatic N) is 1. The van der Waals surface area contributed by atoms with Gasteiger partial charge in [-0.05, 0) is 47.6 Å². The number of carbonyl (C=O) groups excluding carboxylic acids is 3. The average Bonchev–Trinajstić information content (AvgIpc) is 3.17. The van der Waals surface area contributed by atoms with Crippen LogP contribution in [0.3, 0.4) is 0 Å². The first-order valence-electron chi connectivity index (χ1n) is 14.7. The lowest BCUT2D eigenvalue weighted by Gasteiger charge is -2.35. The van der Waals surface area contributed by atoms with Crippen LogP contribution in [0.1, 0.15) is 54.7 Å². The fourth-order valence-electron chi connectivity index (χ4n) is 4.44. The molecule has 274 valence electrons. The quantitative estimate of drug-likeness (QED) is 0.0903. The minimum absolute atomic E-state index is 0.352. The third kappa shape index (κ3) is 10.8. The van der Waals surface area contributed by atoms with Crippen LogP contribution in [-0.2, 0) is 51.4 Å². The van der Waals surface area contributed by atoms with Gasteiger partial charge in [-0.3, -0.25) is 23.7 Å². The van der Waals surface area contributed by atoms with E-state index in [1.807, 2.05) is 4.98 Å². The molecule has 0 aliphatic carbocycles. The van der Waals surface area contributed by atoms with Gasteiger partial charge in [0.1, 0.15) is 18.3 Å². The van der Waals surface area contributed by atoms with E-state index in [1.165, 1.54) is 34.7 Å². The molecule has 5 atom stereocenters. The third-order valence-corrected chi connectivity index (χ3v) is 7.85. The summed E-state index contributed by atoms with van der Waals surface area (Å²) in [4.78, 5) is 63.1. The summed E-state index contributed by atoms with van der Waals surface area (Å²) in [6.07, 6.45) is -6.48. The lowest BCUT2D eigenvalue weighted by molar-refractivity contribution is -0.178. The van der Waals surface area contributed by atoms with Crippen molar-refractivity contribution in [3.63, 3.8) is 0 Å². The zero-order valence-corrected chi connectivity index (χ0v) is 28.7. The van der Waals surface area contributed by atoms with Crippen molar-refractivity contribution in [2.75, 3.05) is 33.9 Å². The number of phosphoric ester groups is 1. The van der Waals surface area contributed by atoms with Crippen molar-refractivity contribution in [1.82, 2.24) is 14.9 Å². The Hall–Kier alpha value is -3.39. The van der Waals surface area contributed by atoms with Crippen LogP contribution in [0, 0.1) is 5.92 Å². The van der Waals surface area contributed by atoms with E-state index < -0.39 is 106 Å². The van der Waals surface area contributed by atoms with Gasteiger partial charge in [0.15, 0.2) is 17.9 Å². The summed E-state index contributed by atoms with van der Waals surface area (Å²) in [5.74, 6) is -1.31. The number of rotatable bonds is 17. The lowest BCUT2D eigenvalue weighted by atomic mass is 9.88. The van der Waals surface area contributed by atoms with Crippen LogP contribution in [0.4, 0.5) is 14.0 Å². The highest BCUT2D eigenvalue weighted by atomic mass is 31.2. The maximum Gasteiger partial charge on any atom is 0.510 e. The molecule has 1 aliphatic heterocycles. The predicted molar refractivity (Wildman–Crippen MR) is 159 cm³/mol. The number of ether oxygens (including phenoxy) is 6. The standard InChI is InChI=1S/C27H43FN3O16P/c1-15(2)19(29-8)20(33)46-21-26(7,37)22(31-10-9-18(32)30-23(31)34)47-27(21,11-28)12-41-48(38,42-13-39-24(35)44-16(3)4)43-14-40-25(36)45-17(5)6/h9-10,15-17,19,21-22,29,37H,11-14H2,1-8H3,(H,30,32,34)/t19?,21-,22+,26+,27+/m0/s1. The Labute approximate surface area is 274 Å². The number of nitrogens with one attached hydrogen (secondary N) is 2. The summed E-state index contributed by atoms with van der Waals surface area (Å²) in [7, 11) is -3.56. The van der Waals surface area contributed by atoms with E-state index in [2.05, 4.69) is 14.8 Å². The molecule has 0 saturated carbocycles. The van der Waals surface area contributed by atoms with Crippen LogP contribution in [0.2, 0.25) is 0 Å². The van der Waals surface area contributed by atoms with E-state index in [4.69, 9.17) is 32.5 Å². The highest BCUT2D eigenvalue weighted by Crippen LogP contribution is 2.53. The first kappa shape index (κ1) is 40.8. The van der Waals surface area contributed by atoms with Gasteiger partial charge in [0, 0.05) is 12.3 Å². The summed E-state index contributed by atoms with van der Waals surface area (Å²) in [5.41, 5.74) is -6.81. The monoisotopic (exact) mass is 715 g/mol. The minimum Gasteiger partial charge on any atom is -0.455 e. The van der Waals surface area contributed by atoms with E-state index in [0.717, 1.165) is 19.2 Å². The first-order chi connectivity index (χ1) is 22.3. The maximum absolute atomic E-state index is 15.2. The number of likely N-dealkylation sites (N-methyl/N-ethyl adjacent to an activating group) is 1. The Morgan fingerprint density at radius 3 is 2.02 bits per heavy atom. The molecule has 21 heteroatoms. The molecule has 0 radical (unpaired) electrons. The van der Waals surface area contributed by atoms with Crippen LogP contribution in [-0.4, -0.2) is 102 Å². The molecule has 0 amide bonds. The minimum atomic E-state index is -5.02. The molecule has 0 aromatic carbocycles. The number of hydrogen-bond donors (Lipinski definition) is 3. The largest absolute Gasteiger partial charge is 0.510 e. The SMILES string of the molecule is CNC(C(=O)O[C@@H]1[C@@](CF)(COP(=O)(OCOC(=O)OC(C)C)OCOC(=O)OC(C)C)O[C@@H](n2ccc(=O)[nH]c2=O)[C@]1(C)O)C(C)C. The van der Waals surface area contributed by atoms with Crippen molar-refractivity contribution >= 4 is 26.1 Å². The van der Waals surface area contributed by atoms with E-state index in [0.29, 0.717) is 4.57 Å². The van der Waals surface area contributed by atoms with Gasteiger partial charge in [0.25, 0.3) is 5.56 Å². The highest BCUT2D eigenvalue weighted by Gasteiger charge is 2.66. The molecule has 19 nitrogen and oxygen atoms in total. The molecule has 48 heavy (non-hydrogen) atoms. The number of hydrogen-bond acceptors (Lipinski definition) is 17. The Morgan fingerprint density at radius 1 is 1.04 bits per heavy atom. The number of phosphoric acid groups is 1. The lowest BCUT2D eigenvalue weighted by Crippen LogP contribution is -2.57. The molecule has 2 heterocycles. The number of aliphatic hydroxyl groups is 1. The molecular formula is C27H43FN3O16P. The molecule has 1 saturated heterocycles. The molecule has 2 rings (SSSR count). The van der Waals surface area contributed by atoms with Gasteiger partial charge < -0.3 is 38.8 Å². The smallest absolute Gasteiger partial charge is 0.455 e. The number of alkyl halides is 1. The van der Waals surface area contributed by atoms with Crippen LogP contribution in [0.5, 0.6) is 0 Å². The topological polar surface area (TPSA) is 238 Å². The Bertz CT molecular complexity index is 1380. The summed E-state index contributed by atoms with van der Waals surface area (Å²) < 4.78 is 75.2. The van der Waals surface area contributed by atoms with Crippen LogP contribution in [0.25, 0.3) is 0 Å². The summed E-state index contributed by atoms with van der Waals surface area (Å²) in [5, 5.41) is 14.4. The molecule has 0 spiro atoms. The first-order valence-corrected chi connectivity index (χ1v) is 16.1. The van der Waals surface area contributed by atoms with Crippen molar-refractivity contribution in [2.45, 2.75) is 90.2 Å².